The first-order valence-corrected chi connectivity index (χ1v) is 4.51. The van der Waals surface area contributed by atoms with Gasteiger partial charge in [0.1, 0.15) is 5.82 Å². The van der Waals surface area contributed by atoms with E-state index in [1.165, 1.54) is 0 Å². The molecule has 1 rings (SSSR count). The highest BCUT2D eigenvalue weighted by atomic mass is 19.1. The van der Waals surface area contributed by atoms with Crippen LogP contribution in [0.4, 0.5) is 4.39 Å². The molecule has 1 atom stereocenters. The molecule has 0 heterocycles. The van der Waals surface area contributed by atoms with E-state index in [2.05, 4.69) is 6.58 Å². The van der Waals surface area contributed by atoms with Gasteiger partial charge in [0.25, 0.3) is 0 Å². The molecule has 0 aromatic heterocycles. The minimum absolute atomic E-state index is 0.103. The van der Waals surface area contributed by atoms with Crippen molar-refractivity contribution in [2.45, 2.75) is 20.3 Å². The van der Waals surface area contributed by atoms with Crippen LogP contribution in [0.15, 0.2) is 30.9 Å². The second-order valence-electron chi connectivity index (χ2n) is 3.51. The van der Waals surface area contributed by atoms with Crippen LogP contribution in [0.2, 0.25) is 0 Å². The Balaban J connectivity index is 2.83. The molecule has 1 aromatic rings. The smallest absolute Gasteiger partial charge is 0.126 e. The molecule has 0 nitrogen and oxygen atoms in total. The van der Waals surface area contributed by atoms with Crippen LogP contribution in [-0.4, -0.2) is 0 Å². The van der Waals surface area contributed by atoms with Gasteiger partial charge >= 0.3 is 0 Å². The van der Waals surface area contributed by atoms with E-state index in [1.54, 1.807) is 6.07 Å². The summed E-state index contributed by atoms with van der Waals surface area (Å²) in [5.74, 6) is 0.228. The maximum Gasteiger partial charge on any atom is 0.126 e. The molecule has 0 aliphatic heterocycles. The summed E-state index contributed by atoms with van der Waals surface area (Å²) in [4.78, 5) is 0. The molecule has 0 bridgehead atoms. The summed E-state index contributed by atoms with van der Waals surface area (Å²) in [7, 11) is 0. The van der Waals surface area contributed by atoms with Crippen LogP contribution in [0, 0.1) is 18.7 Å². The third kappa shape index (κ3) is 2.69. The Hall–Kier alpha value is -1.11. The summed E-state index contributed by atoms with van der Waals surface area (Å²) in [5, 5.41) is 0. The van der Waals surface area contributed by atoms with Crippen LogP contribution in [-0.2, 0) is 6.42 Å². The number of allylic oxidation sites excluding steroid dienone is 1. The Morgan fingerprint density at radius 2 is 2.23 bits per heavy atom. The summed E-state index contributed by atoms with van der Waals surface area (Å²) in [6.45, 7) is 7.61. The van der Waals surface area contributed by atoms with Crippen LogP contribution in [0.25, 0.3) is 0 Å². The lowest BCUT2D eigenvalue weighted by Crippen LogP contribution is -1.98. The van der Waals surface area contributed by atoms with E-state index in [1.807, 2.05) is 32.1 Å². The summed E-state index contributed by atoms with van der Waals surface area (Å²) in [6.07, 6.45) is 2.58. The second kappa shape index (κ2) is 4.22. The van der Waals surface area contributed by atoms with Crippen molar-refractivity contribution in [1.29, 1.82) is 0 Å². The molecule has 70 valence electrons. The van der Waals surface area contributed by atoms with Gasteiger partial charge in [-0.2, -0.15) is 0 Å². The van der Waals surface area contributed by atoms with Gasteiger partial charge < -0.3 is 0 Å². The minimum Gasteiger partial charge on any atom is -0.207 e. The predicted octanol–water partition coefficient (Wildman–Crippen LogP) is 3.50. The van der Waals surface area contributed by atoms with Gasteiger partial charge in [-0.15, -0.1) is 6.58 Å². The van der Waals surface area contributed by atoms with Crippen molar-refractivity contribution in [2.24, 2.45) is 5.92 Å². The highest BCUT2D eigenvalue weighted by Gasteiger charge is 2.04. The fourth-order valence-corrected chi connectivity index (χ4v) is 1.25. The van der Waals surface area contributed by atoms with Crippen molar-refractivity contribution >= 4 is 0 Å². The van der Waals surface area contributed by atoms with E-state index in [4.69, 9.17) is 0 Å². The molecular weight excluding hydrogens is 163 g/mol. The lowest BCUT2D eigenvalue weighted by atomic mass is 10.00. The standard InChI is InChI=1S/C12H15F/c1-4-9(2)7-11-6-5-10(3)8-12(11)13/h4-6,8-9H,1,7H2,2-3H3. The fourth-order valence-electron chi connectivity index (χ4n) is 1.25. The van der Waals surface area contributed by atoms with Gasteiger partial charge in [0.2, 0.25) is 0 Å². The summed E-state index contributed by atoms with van der Waals surface area (Å²) < 4.78 is 13.3. The highest BCUT2D eigenvalue weighted by Crippen LogP contribution is 2.14. The third-order valence-electron chi connectivity index (χ3n) is 2.15. The lowest BCUT2D eigenvalue weighted by molar-refractivity contribution is 0.591. The van der Waals surface area contributed by atoms with Gasteiger partial charge in [0, 0.05) is 0 Å². The van der Waals surface area contributed by atoms with Crippen LogP contribution < -0.4 is 0 Å². The zero-order valence-corrected chi connectivity index (χ0v) is 8.18. The molecule has 0 spiro atoms. The first-order chi connectivity index (χ1) is 6.13. The molecule has 0 N–H and O–H groups in total. The molecule has 1 unspecified atom stereocenters. The average Bonchev–Trinajstić information content (AvgIpc) is 2.09. The lowest BCUT2D eigenvalue weighted by Gasteiger charge is -2.07. The van der Waals surface area contributed by atoms with E-state index >= 15 is 0 Å². The molecular formula is C12H15F. The van der Waals surface area contributed by atoms with Crippen LogP contribution >= 0.6 is 0 Å². The van der Waals surface area contributed by atoms with Gasteiger partial charge in [-0.1, -0.05) is 25.1 Å². The van der Waals surface area contributed by atoms with E-state index in [0.717, 1.165) is 17.5 Å². The topological polar surface area (TPSA) is 0 Å². The van der Waals surface area contributed by atoms with Crippen molar-refractivity contribution in [2.75, 3.05) is 0 Å². The Morgan fingerprint density at radius 3 is 2.77 bits per heavy atom. The van der Waals surface area contributed by atoms with Crippen molar-refractivity contribution in [1.82, 2.24) is 0 Å². The maximum atomic E-state index is 13.3. The molecule has 13 heavy (non-hydrogen) atoms. The average molecular weight is 178 g/mol. The quantitative estimate of drug-likeness (QED) is 0.621. The van der Waals surface area contributed by atoms with Crippen LogP contribution in [0.1, 0.15) is 18.1 Å². The molecule has 1 heteroatoms. The predicted molar refractivity (Wildman–Crippen MR) is 54.2 cm³/mol. The van der Waals surface area contributed by atoms with Crippen LogP contribution in [0.5, 0.6) is 0 Å². The molecule has 0 aliphatic carbocycles. The molecule has 1 aromatic carbocycles. The second-order valence-corrected chi connectivity index (χ2v) is 3.51. The van der Waals surface area contributed by atoms with Crippen molar-refractivity contribution < 1.29 is 4.39 Å². The Bertz CT molecular complexity index is 302. The number of rotatable bonds is 3. The first-order valence-electron chi connectivity index (χ1n) is 4.51. The van der Waals surface area contributed by atoms with Crippen LogP contribution in [0.3, 0.4) is 0 Å². The molecule has 0 aliphatic rings. The molecule has 0 saturated carbocycles. The van der Waals surface area contributed by atoms with Crippen molar-refractivity contribution in [3.8, 4) is 0 Å². The SMILES string of the molecule is C=CC(C)Cc1ccc(C)cc1F. The Labute approximate surface area is 79.1 Å². The van der Waals surface area contributed by atoms with E-state index in [9.17, 15) is 4.39 Å². The van der Waals surface area contributed by atoms with Crippen molar-refractivity contribution in [3.63, 3.8) is 0 Å². The number of hydrogen-bond acceptors (Lipinski definition) is 0. The minimum atomic E-state index is -0.103. The zero-order valence-electron chi connectivity index (χ0n) is 8.18. The van der Waals surface area contributed by atoms with Gasteiger partial charge in [-0.3, -0.25) is 0 Å². The third-order valence-corrected chi connectivity index (χ3v) is 2.15. The van der Waals surface area contributed by atoms with E-state index < -0.39 is 0 Å². The molecule has 0 amide bonds. The zero-order chi connectivity index (χ0) is 9.84. The fraction of sp³-hybridized carbons (Fsp3) is 0.333. The number of hydrogen-bond donors (Lipinski definition) is 0. The van der Waals surface area contributed by atoms with E-state index in [-0.39, 0.29) is 5.82 Å². The summed E-state index contributed by atoms with van der Waals surface area (Å²) in [5.41, 5.74) is 1.74. The van der Waals surface area contributed by atoms with Crippen molar-refractivity contribution in [3.05, 3.63) is 47.8 Å². The monoisotopic (exact) mass is 178 g/mol. The summed E-state index contributed by atoms with van der Waals surface area (Å²) in [6, 6.07) is 5.37. The number of halogens is 1. The van der Waals surface area contributed by atoms with Gasteiger partial charge in [0.15, 0.2) is 0 Å². The molecule has 0 saturated heterocycles. The summed E-state index contributed by atoms with van der Waals surface area (Å²) >= 11 is 0. The van der Waals surface area contributed by atoms with E-state index in [0.29, 0.717) is 5.92 Å². The maximum absolute atomic E-state index is 13.3. The molecule has 0 fully saturated rings. The normalized spacial score (nSPS) is 12.5. The van der Waals surface area contributed by atoms with Gasteiger partial charge in [-0.05, 0) is 36.5 Å². The Kier molecular flexibility index (Phi) is 3.24. The Morgan fingerprint density at radius 1 is 1.54 bits per heavy atom. The largest absolute Gasteiger partial charge is 0.207 e. The number of benzene rings is 1. The first kappa shape index (κ1) is 9.97. The van der Waals surface area contributed by atoms with Gasteiger partial charge in [0.05, 0.1) is 0 Å². The highest BCUT2D eigenvalue weighted by molar-refractivity contribution is 5.24. The number of aryl methyl sites for hydroxylation is 1. The van der Waals surface area contributed by atoms with Gasteiger partial charge in [-0.25, -0.2) is 4.39 Å². The molecule has 0 radical (unpaired) electrons.